The Labute approximate surface area is 96.6 Å². The lowest BCUT2D eigenvalue weighted by molar-refractivity contribution is 0.110. The van der Waals surface area contributed by atoms with Crippen LogP contribution in [0.1, 0.15) is 52.9 Å². The van der Waals surface area contributed by atoms with Gasteiger partial charge in [0.25, 0.3) is 0 Å². The average molecular weight is 232 g/mol. The van der Waals surface area contributed by atoms with E-state index in [0.29, 0.717) is 6.10 Å². The maximum Gasteiger partial charge on any atom is 0.331 e. The van der Waals surface area contributed by atoms with Crippen LogP contribution in [-0.4, -0.2) is 21.3 Å². The van der Waals surface area contributed by atoms with Crippen LogP contribution in [-0.2, 0) is 8.85 Å². The van der Waals surface area contributed by atoms with Gasteiger partial charge in [-0.2, -0.15) is 0 Å². The van der Waals surface area contributed by atoms with Crippen molar-refractivity contribution in [2.45, 2.75) is 72.1 Å². The summed E-state index contributed by atoms with van der Waals surface area (Å²) in [4.78, 5) is 0. The highest BCUT2D eigenvalue weighted by atomic mass is 28.4. The molecule has 92 valence electrons. The summed E-state index contributed by atoms with van der Waals surface area (Å²) >= 11 is 0. The van der Waals surface area contributed by atoms with Crippen LogP contribution in [0, 0.1) is 0 Å². The first-order valence-corrected chi connectivity index (χ1v) is 9.19. The minimum Gasteiger partial charge on any atom is -0.395 e. The molecule has 0 rings (SSSR count). The predicted octanol–water partition coefficient (Wildman–Crippen LogP) is 4.10. The molecule has 1 unspecified atom stereocenters. The van der Waals surface area contributed by atoms with Crippen molar-refractivity contribution in [3.8, 4) is 0 Å². The van der Waals surface area contributed by atoms with Gasteiger partial charge in [0.2, 0.25) is 0 Å². The molecular formula is C12H28O2Si. The van der Waals surface area contributed by atoms with E-state index in [2.05, 4.69) is 33.9 Å². The smallest absolute Gasteiger partial charge is 0.331 e. The third-order valence-electron chi connectivity index (χ3n) is 2.46. The molecule has 0 aliphatic heterocycles. The zero-order valence-corrected chi connectivity index (χ0v) is 12.1. The molecule has 0 aliphatic carbocycles. The van der Waals surface area contributed by atoms with Crippen molar-refractivity contribution < 1.29 is 8.85 Å². The van der Waals surface area contributed by atoms with Crippen LogP contribution in [0.5, 0.6) is 0 Å². The van der Waals surface area contributed by atoms with Gasteiger partial charge >= 0.3 is 8.56 Å². The number of unbranched alkanes of at least 4 members (excludes halogenated alkanes) is 1. The standard InChI is InChI=1S/C12H28O2Si/c1-6-9-11-13-15(4,5)14-12(8-3)10-7-2/h12H,6-11H2,1-5H3. The number of hydrogen-bond donors (Lipinski definition) is 0. The van der Waals surface area contributed by atoms with Crippen molar-refractivity contribution in [3.63, 3.8) is 0 Å². The molecule has 15 heavy (non-hydrogen) atoms. The molecule has 0 aliphatic rings. The van der Waals surface area contributed by atoms with E-state index in [1.807, 2.05) is 0 Å². The molecule has 0 aromatic carbocycles. The Morgan fingerprint density at radius 3 is 2.20 bits per heavy atom. The first kappa shape index (κ1) is 15.1. The first-order valence-electron chi connectivity index (χ1n) is 6.37. The fourth-order valence-corrected chi connectivity index (χ4v) is 3.36. The van der Waals surface area contributed by atoms with Crippen molar-refractivity contribution in [2.75, 3.05) is 6.61 Å². The molecule has 0 spiro atoms. The van der Waals surface area contributed by atoms with Crippen molar-refractivity contribution in [1.82, 2.24) is 0 Å². The monoisotopic (exact) mass is 232 g/mol. The first-order chi connectivity index (χ1) is 7.05. The summed E-state index contributed by atoms with van der Waals surface area (Å²) in [7, 11) is -1.86. The van der Waals surface area contributed by atoms with Gasteiger partial charge in [-0.25, -0.2) is 0 Å². The van der Waals surface area contributed by atoms with Gasteiger partial charge in [0.15, 0.2) is 0 Å². The highest BCUT2D eigenvalue weighted by molar-refractivity contribution is 6.64. The van der Waals surface area contributed by atoms with Gasteiger partial charge in [0, 0.05) is 12.7 Å². The topological polar surface area (TPSA) is 18.5 Å². The summed E-state index contributed by atoms with van der Waals surface area (Å²) in [6, 6.07) is 0. The molecule has 0 fully saturated rings. The third-order valence-corrected chi connectivity index (χ3v) is 4.26. The van der Waals surface area contributed by atoms with Gasteiger partial charge in [-0.15, -0.1) is 0 Å². The van der Waals surface area contributed by atoms with Gasteiger partial charge in [0.05, 0.1) is 0 Å². The van der Waals surface area contributed by atoms with E-state index in [0.717, 1.165) is 25.9 Å². The Morgan fingerprint density at radius 1 is 1.07 bits per heavy atom. The largest absolute Gasteiger partial charge is 0.395 e. The van der Waals surface area contributed by atoms with Crippen molar-refractivity contribution in [3.05, 3.63) is 0 Å². The maximum atomic E-state index is 6.09. The summed E-state index contributed by atoms with van der Waals surface area (Å²) < 4.78 is 12.0. The van der Waals surface area contributed by atoms with Gasteiger partial charge in [-0.1, -0.05) is 33.6 Å². The number of rotatable bonds is 9. The SMILES string of the molecule is CCCCO[Si](C)(C)OC(CC)CCC. The average Bonchev–Trinajstić information content (AvgIpc) is 2.17. The Morgan fingerprint density at radius 2 is 1.73 bits per heavy atom. The zero-order valence-electron chi connectivity index (χ0n) is 11.1. The second kappa shape index (κ2) is 8.31. The fourth-order valence-electron chi connectivity index (χ4n) is 1.57. The highest BCUT2D eigenvalue weighted by Gasteiger charge is 2.27. The van der Waals surface area contributed by atoms with Crippen LogP contribution in [0.4, 0.5) is 0 Å². The van der Waals surface area contributed by atoms with Crippen LogP contribution in [0.15, 0.2) is 0 Å². The van der Waals surface area contributed by atoms with Gasteiger partial charge in [-0.05, 0) is 32.4 Å². The molecule has 0 aromatic heterocycles. The Hall–Kier alpha value is 0.137. The minimum atomic E-state index is -1.86. The van der Waals surface area contributed by atoms with E-state index in [1.54, 1.807) is 0 Å². The van der Waals surface area contributed by atoms with E-state index < -0.39 is 8.56 Å². The van der Waals surface area contributed by atoms with Crippen LogP contribution >= 0.6 is 0 Å². The highest BCUT2D eigenvalue weighted by Crippen LogP contribution is 2.16. The van der Waals surface area contributed by atoms with Crippen LogP contribution in [0.2, 0.25) is 13.1 Å². The van der Waals surface area contributed by atoms with Crippen molar-refractivity contribution >= 4 is 8.56 Å². The van der Waals surface area contributed by atoms with Gasteiger partial charge in [-0.3, -0.25) is 0 Å². The molecule has 0 bridgehead atoms. The lowest BCUT2D eigenvalue weighted by Gasteiger charge is -2.28. The molecule has 0 aromatic rings. The lowest BCUT2D eigenvalue weighted by atomic mass is 10.2. The molecular weight excluding hydrogens is 204 g/mol. The summed E-state index contributed by atoms with van der Waals surface area (Å²) in [6.45, 7) is 11.8. The fraction of sp³-hybridized carbons (Fsp3) is 1.00. The Bertz CT molecular complexity index is 149. The minimum absolute atomic E-state index is 0.401. The molecule has 2 nitrogen and oxygen atoms in total. The van der Waals surface area contributed by atoms with Crippen molar-refractivity contribution in [2.24, 2.45) is 0 Å². The molecule has 1 atom stereocenters. The quantitative estimate of drug-likeness (QED) is 0.440. The molecule has 0 N–H and O–H groups in total. The van der Waals surface area contributed by atoms with Crippen LogP contribution < -0.4 is 0 Å². The molecule has 0 amide bonds. The summed E-state index contributed by atoms with van der Waals surface area (Å²) in [5.74, 6) is 0. The summed E-state index contributed by atoms with van der Waals surface area (Å²) in [5.41, 5.74) is 0. The Kier molecular flexibility index (Phi) is 8.38. The zero-order chi connectivity index (χ0) is 11.7. The lowest BCUT2D eigenvalue weighted by Crippen LogP contribution is -2.39. The summed E-state index contributed by atoms with van der Waals surface area (Å²) in [6.07, 6.45) is 6.18. The number of hydrogen-bond acceptors (Lipinski definition) is 2. The maximum absolute atomic E-state index is 6.09. The van der Waals surface area contributed by atoms with E-state index >= 15 is 0 Å². The Balaban J connectivity index is 3.86. The molecule has 3 heteroatoms. The van der Waals surface area contributed by atoms with Crippen molar-refractivity contribution in [1.29, 1.82) is 0 Å². The van der Waals surface area contributed by atoms with E-state index in [-0.39, 0.29) is 0 Å². The van der Waals surface area contributed by atoms with E-state index in [1.165, 1.54) is 12.8 Å². The van der Waals surface area contributed by atoms with Crippen LogP contribution in [0.25, 0.3) is 0 Å². The second-order valence-corrected chi connectivity index (χ2v) is 7.86. The second-order valence-electron chi connectivity index (χ2n) is 4.54. The van der Waals surface area contributed by atoms with Gasteiger partial charge < -0.3 is 8.85 Å². The third kappa shape index (κ3) is 8.00. The predicted molar refractivity (Wildman–Crippen MR) is 68.4 cm³/mol. The van der Waals surface area contributed by atoms with E-state index in [4.69, 9.17) is 8.85 Å². The van der Waals surface area contributed by atoms with E-state index in [9.17, 15) is 0 Å². The molecule has 0 heterocycles. The van der Waals surface area contributed by atoms with Crippen LogP contribution in [0.3, 0.4) is 0 Å². The normalized spacial score (nSPS) is 14.2. The van der Waals surface area contributed by atoms with Gasteiger partial charge in [0.1, 0.15) is 0 Å². The summed E-state index contributed by atoms with van der Waals surface area (Å²) in [5, 5.41) is 0. The molecule has 0 radical (unpaired) electrons. The molecule has 0 saturated carbocycles. The molecule has 0 saturated heterocycles.